The summed E-state index contributed by atoms with van der Waals surface area (Å²) >= 11 is 3.44. The van der Waals surface area contributed by atoms with E-state index in [4.69, 9.17) is 4.52 Å². The zero-order valence-corrected chi connectivity index (χ0v) is 11.8. The number of nitrogens with zero attached hydrogens (tertiary/aromatic N) is 2. The number of benzene rings is 1. The molecule has 5 nitrogen and oxygen atoms in total. The maximum Gasteiger partial charge on any atom is 0.243 e. The summed E-state index contributed by atoms with van der Waals surface area (Å²) in [7, 11) is 0. The van der Waals surface area contributed by atoms with Crippen molar-refractivity contribution in [2.24, 2.45) is 0 Å². The summed E-state index contributed by atoms with van der Waals surface area (Å²) in [5.74, 6) is 1.22. The fourth-order valence-corrected chi connectivity index (χ4v) is 2.66. The van der Waals surface area contributed by atoms with E-state index in [-0.39, 0.29) is 12.1 Å². The topological polar surface area (TPSA) is 71.2 Å². The highest BCUT2D eigenvalue weighted by Gasteiger charge is 2.27. The van der Waals surface area contributed by atoms with Crippen LogP contribution in [0.4, 0.5) is 0 Å². The van der Waals surface area contributed by atoms with Gasteiger partial charge in [-0.2, -0.15) is 4.98 Å². The Morgan fingerprint density at radius 1 is 1.47 bits per heavy atom. The number of halogens is 1. The van der Waals surface area contributed by atoms with Gasteiger partial charge < -0.3 is 14.9 Å². The van der Waals surface area contributed by atoms with E-state index in [1.165, 1.54) is 0 Å². The van der Waals surface area contributed by atoms with E-state index in [0.717, 1.165) is 10.0 Å². The lowest BCUT2D eigenvalue weighted by molar-refractivity contribution is 0.191. The van der Waals surface area contributed by atoms with Gasteiger partial charge in [-0.15, -0.1) is 0 Å². The van der Waals surface area contributed by atoms with Crippen LogP contribution in [0, 0.1) is 0 Å². The second kappa shape index (κ2) is 5.40. The molecule has 0 amide bonds. The number of β-amino-alcohol motifs (C(OH)–C–C–N with tert-alkyl or cyclic N) is 1. The average molecular weight is 324 g/mol. The van der Waals surface area contributed by atoms with Crippen LogP contribution >= 0.6 is 15.9 Å². The average Bonchev–Trinajstić information content (AvgIpc) is 2.98. The van der Waals surface area contributed by atoms with Gasteiger partial charge in [0, 0.05) is 17.4 Å². The van der Waals surface area contributed by atoms with Crippen LogP contribution in [-0.4, -0.2) is 27.9 Å². The first-order valence-corrected chi connectivity index (χ1v) is 6.98. The summed E-state index contributed by atoms with van der Waals surface area (Å²) in [6.07, 6.45) is 0.932. The molecule has 0 bridgehead atoms. The monoisotopic (exact) mass is 323 g/mol. The van der Waals surface area contributed by atoms with Gasteiger partial charge in [-0.1, -0.05) is 33.2 Å². The number of nitrogens with one attached hydrogen (secondary N) is 1. The zero-order valence-electron chi connectivity index (χ0n) is 10.2. The van der Waals surface area contributed by atoms with E-state index in [0.29, 0.717) is 31.1 Å². The zero-order chi connectivity index (χ0) is 13.2. The molecule has 3 rings (SSSR count). The highest BCUT2D eigenvalue weighted by atomic mass is 79.9. The third kappa shape index (κ3) is 3.02. The molecule has 2 aromatic rings. The van der Waals surface area contributed by atoms with Crippen molar-refractivity contribution in [1.29, 1.82) is 0 Å². The van der Waals surface area contributed by atoms with Crippen molar-refractivity contribution in [2.45, 2.75) is 25.0 Å². The molecule has 2 heterocycles. The van der Waals surface area contributed by atoms with E-state index in [9.17, 15) is 5.11 Å². The van der Waals surface area contributed by atoms with Crippen molar-refractivity contribution in [1.82, 2.24) is 15.5 Å². The Kier molecular flexibility index (Phi) is 3.63. The van der Waals surface area contributed by atoms with Crippen molar-refractivity contribution in [3.05, 3.63) is 46.0 Å². The Balaban J connectivity index is 1.71. The number of aromatic nitrogens is 2. The van der Waals surface area contributed by atoms with Gasteiger partial charge >= 0.3 is 0 Å². The molecular weight excluding hydrogens is 310 g/mol. The Labute approximate surface area is 119 Å². The number of aliphatic hydroxyl groups is 1. The second-order valence-electron chi connectivity index (χ2n) is 4.71. The number of hydrogen-bond acceptors (Lipinski definition) is 5. The number of aliphatic hydroxyl groups excluding tert-OH is 1. The van der Waals surface area contributed by atoms with E-state index in [2.05, 4.69) is 31.4 Å². The maximum absolute atomic E-state index is 9.48. The fraction of sp³-hybridized carbons (Fsp3) is 0.385. The quantitative estimate of drug-likeness (QED) is 0.901. The van der Waals surface area contributed by atoms with Crippen molar-refractivity contribution >= 4 is 15.9 Å². The predicted molar refractivity (Wildman–Crippen MR) is 72.6 cm³/mol. The molecule has 2 unspecified atom stereocenters. The highest BCUT2D eigenvalue weighted by Crippen LogP contribution is 2.22. The first-order chi connectivity index (χ1) is 9.20. The van der Waals surface area contributed by atoms with Crippen LogP contribution in [0.3, 0.4) is 0 Å². The molecular formula is C13H14BrN3O2. The summed E-state index contributed by atoms with van der Waals surface area (Å²) in [5.41, 5.74) is 1.13. The van der Waals surface area contributed by atoms with Crippen LogP contribution in [0.25, 0.3) is 0 Å². The van der Waals surface area contributed by atoms with Crippen LogP contribution < -0.4 is 5.32 Å². The second-order valence-corrected chi connectivity index (χ2v) is 5.62. The van der Waals surface area contributed by atoms with Gasteiger partial charge in [0.05, 0.1) is 12.1 Å². The van der Waals surface area contributed by atoms with E-state index < -0.39 is 0 Å². The molecule has 0 aliphatic carbocycles. The minimum absolute atomic E-state index is 0.0289. The molecule has 6 heteroatoms. The molecule has 1 aromatic carbocycles. The normalized spacial score (nSPS) is 22.8. The van der Waals surface area contributed by atoms with Gasteiger partial charge in [-0.25, -0.2) is 0 Å². The number of rotatable bonds is 3. The van der Waals surface area contributed by atoms with Gasteiger partial charge in [0.25, 0.3) is 0 Å². The number of hydrogen-bond donors (Lipinski definition) is 2. The molecule has 0 radical (unpaired) electrons. The Morgan fingerprint density at radius 2 is 2.37 bits per heavy atom. The summed E-state index contributed by atoms with van der Waals surface area (Å²) < 4.78 is 6.29. The molecule has 1 saturated heterocycles. The summed E-state index contributed by atoms with van der Waals surface area (Å²) in [6, 6.07) is 8.00. The van der Waals surface area contributed by atoms with Gasteiger partial charge in [0.15, 0.2) is 5.82 Å². The Hall–Kier alpha value is -1.24. The highest BCUT2D eigenvalue weighted by molar-refractivity contribution is 9.10. The molecule has 1 aliphatic heterocycles. The van der Waals surface area contributed by atoms with Crippen LogP contribution in [0.5, 0.6) is 0 Å². The molecule has 1 aliphatic rings. The Morgan fingerprint density at radius 3 is 3.11 bits per heavy atom. The maximum atomic E-state index is 9.48. The summed E-state index contributed by atoms with van der Waals surface area (Å²) in [5, 5.41) is 16.6. The first-order valence-electron chi connectivity index (χ1n) is 6.19. The molecule has 100 valence electrons. The van der Waals surface area contributed by atoms with Crippen molar-refractivity contribution < 1.29 is 9.63 Å². The first kappa shape index (κ1) is 12.8. The third-order valence-corrected chi connectivity index (χ3v) is 3.63. The molecule has 2 N–H and O–H groups in total. The summed E-state index contributed by atoms with van der Waals surface area (Å²) in [6.45, 7) is 0.577. The lowest BCUT2D eigenvalue weighted by Gasteiger charge is -2.01. The lowest BCUT2D eigenvalue weighted by Crippen LogP contribution is -2.15. The molecule has 19 heavy (non-hydrogen) atoms. The smallest absolute Gasteiger partial charge is 0.243 e. The Bertz CT molecular complexity index is 573. The van der Waals surface area contributed by atoms with Crippen molar-refractivity contribution in [2.75, 3.05) is 6.54 Å². The van der Waals surface area contributed by atoms with E-state index >= 15 is 0 Å². The fourth-order valence-electron chi connectivity index (χ4n) is 2.22. The third-order valence-electron chi connectivity index (χ3n) is 3.14. The predicted octanol–water partition coefficient (Wildman–Crippen LogP) is 1.82. The van der Waals surface area contributed by atoms with Gasteiger partial charge in [0.1, 0.15) is 0 Å². The SMILES string of the molecule is OC1CNC(c2nc(Cc3cccc(Br)c3)no2)C1. The van der Waals surface area contributed by atoms with Crippen LogP contribution in [0.15, 0.2) is 33.3 Å². The minimum atomic E-state index is -0.328. The van der Waals surface area contributed by atoms with E-state index in [1.807, 2.05) is 24.3 Å². The molecule has 1 aromatic heterocycles. The van der Waals surface area contributed by atoms with Gasteiger partial charge in [-0.3, -0.25) is 0 Å². The van der Waals surface area contributed by atoms with Crippen LogP contribution in [0.1, 0.15) is 29.7 Å². The standard InChI is InChI=1S/C13H14BrN3O2/c14-9-3-1-2-8(4-9)5-12-16-13(19-17-12)11-6-10(18)7-15-11/h1-4,10-11,15,18H,5-7H2. The lowest BCUT2D eigenvalue weighted by atomic mass is 10.1. The van der Waals surface area contributed by atoms with Gasteiger partial charge in [-0.05, 0) is 24.1 Å². The largest absolute Gasteiger partial charge is 0.392 e. The van der Waals surface area contributed by atoms with Crippen LogP contribution in [-0.2, 0) is 6.42 Å². The molecule has 1 fully saturated rings. The minimum Gasteiger partial charge on any atom is -0.392 e. The van der Waals surface area contributed by atoms with Gasteiger partial charge in [0.2, 0.25) is 5.89 Å². The van der Waals surface area contributed by atoms with E-state index in [1.54, 1.807) is 0 Å². The summed E-state index contributed by atoms with van der Waals surface area (Å²) in [4.78, 5) is 4.38. The molecule has 0 saturated carbocycles. The molecule has 0 spiro atoms. The van der Waals surface area contributed by atoms with Crippen LogP contribution in [0.2, 0.25) is 0 Å². The molecule has 2 atom stereocenters. The van der Waals surface area contributed by atoms with Crippen molar-refractivity contribution in [3.8, 4) is 0 Å². The van der Waals surface area contributed by atoms with Crippen molar-refractivity contribution in [3.63, 3.8) is 0 Å².